The highest BCUT2D eigenvalue weighted by Gasteiger charge is 2.35. The summed E-state index contributed by atoms with van der Waals surface area (Å²) in [5.41, 5.74) is 13.1. The average molecular weight is 623 g/mol. The second-order valence-corrected chi connectivity index (χ2v) is 14.1. The minimum Gasteiger partial charge on any atom is -0.0619 e. The molecule has 230 valence electrons. The summed E-state index contributed by atoms with van der Waals surface area (Å²) in [5, 5.41) is 10.2. The number of hydrogen-bond donors (Lipinski definition) is 0. The van der Waals surface area contributed by atoms with E-state index in [1.165, 1.54) is 98.7 Å². The van der Waals surface area contributed by atoms with Crippen LogP contribution in [0.4, 0.5) is 0 Å². The van der Waals surface area contributed by atoms with Crippen LogP contribution in [0.5, 0.6) is 0 Å². The molecule has 0 bridgehead atoms. The molecule has 1 aliphatic rings. The van der Waals surface area contributed by atoms with Crippen LogP contribution in [-0.2, 0) is 5.41 Å². The third-order valence-corrected chi connectivity index (χ3v) is 11.0. The molecule has 49 heavy (non-hydrogen) atoms. The Labute approximate surface area is 286 Å². The number of hydrogen-bond acceptors (Lipinski definition) is 0. The molecule has 0 aliphatic heterocycles. The predicted molar refractivity (Wildman–Crippen MR) is 210 cm³/mol. The Morgan fingerprint density at radius 1 is 0.286 bits per heavy atom. The van der Waals surface area contributed by atoms with Gasteiger partial charge in [0, 0.05) is 5.41 Å². The molecule has 0 amide bonds. The molecule has 0 radical (unpaired) electrons. The monoisotopic (exact) mass is 622 g/mol. The van der Waals surface area contributed by atoms with Gasteiger partial charge in [-0.15, -0.1) is 0 Å². The first-order chi connectivity index (χ1) is 24.0. The van der Waals surface area contributed by atoms with Crippen LogP contribution < -0.4 is 0 Å². The number of rotatable bonds is 3. The first-order valence-corrected chi connectivity index (χ1v) is 17.3. The van der Waals surface area contributed by atoms with Crippen molar-refractivity contribution in [1.29, 1.82) is 0 Å². The van der Waals surface area contributed by atoms with Crippen molar-refractivity contribution in [2.45, 2.75) is 19.3 Å². The molecule has 0 saturated heterocycles. The van der Waals surface area contributed by atoms with E-state index in [9.17, 15) is 0 Å². The van der Waals surface area contributed by atoms with Crippen molar-refractivity contribution >= 4 is 43.1 Å². The summed E-state index contributed by atoms with van der Waals surface area (Å²) < 4.78 is 0. The first kappa shape index (κ1) is 28.1. The third kappa shape index (κ3) is 4.24. The van der Waals surface area contributed by atoms with Crippen molar-refractivity contribution < 1.29 is 0 Å². The fourth-order valence-corrected chi connectivity index (χ4v) is 8.56. The molecule has 0 aromatic heterocycles. The molecular weight excluding hydrogens is 589 g/mol. The molecule has 0 spiro atoms. The second-order valence-electron chi connectivity index (χ2n) is 14.1. The van der Waals surface area contributed by atoms with Crippen LogP contribution in [0.3, 0.4) is 0 Å². The molecule has 0 fully saturated rings. The minimum absolute atomic E-state index is 0.0270. The average Bonchev–Trinajstić information content (AvgIpc) is 3.39. The Morgan fingerprint density at radius 3 is 1.55 bits per heavy atom. The summed E-state index contributed by atoms with van der Waals surface area (Å²) in [7, 11) is 0. The van der Waals surface area contributed by atoms with Gasteiger partial charge in [0.25, 0.3) is 0 Å². The molecule has 0 unspecified atom stereocenters. The van der Waals surface area contributed by atoms with Gasteiger partial charge in [0.2, 0.25) is 0 Å². The Bertz CT molecular complexity index is 2800. The van der Waals surface area contributed by atoms with Crippen LogP contribution in [0.25, 0.3) is 87.6 Å². The predicted octanol–water partition coefficient (Wildman–Crippen LogP) is 13.6. The van der Waals surface area contributed by atoms with Crippen molar-refractivity contribution in [3.63, 3.8) is 0 Å². The lowest BCUT2D eigenvalue weighted by Gasteiger charge is -2.22. The molecule has 0 N–H and O–H groups in total. The van der Waals surface area contributed by atoms with Gasteiger partial charge in [0.1, 0.15) is 0 Å². The third-order valence-electron chi connectivity index (χ3n) is 11.0. The van der Waals surface area contributed by atoms with Crippen LogP contribution in [-0.4, -0.2) is 0 Å². The van der Waals surface area contributed by atoms with Crippen molar-refractivity contribution in [3.8, 4) is 44.5 Å². The molecule has 0 nitrogen and oxygen atoms in total. The van der Waals surface area contributed by atoms with Crippen LogP contribution in [0.1, 0.15) is 25.0 Å². The van der Waals surface area contributed by atoms with Crippen LogP contribution in [0.2, 0.25) is 0 Å². The normalized spacial score (nSPS) is 13.3. The molecular formula is C49H34. The smallest absolute Gasteiger partial charge is 0.0159 e. The molecule has 0 heteroatoms. The van der Waals surface area contributed by atoms with Gasteiger partial charge in [-0.1, -0.05) is 159 Å². The highest BCUT2D eigenvalue weighted by atomic mass is 14.4. The zero-order chi connectivity index (χ0) is 32.7. The Kier molecular flexibility index (Phi) is 6.02. The molecule has 0 heterocycles. The van der Waals surface area contributed by atoms with E-state index in [0.29, 0.717) is 0 Å². The first-order valence-electron chi connectivity index (χ1n) is 17.3. The molecule has 10 rings (SSSR count). The van der Waals surface area contributed by atoms with Crippen LogP contribution in [0.15, 0.2) is 170 Å². The highest BCUT2D eigenvalue weighted by Crippen LogP contribution is 2.50. The highest BCUT2D eigenvalue weighted by molar-refractivity contribution is 6.14. The lowest BCUT2D eigenvalue weighted by molar-refractivity contribution is 0.660. The summed E-state index contributed by atoms with van der Waals surface area (Å²) in [6.07, 6.45) is 0. The van der Waals surface area contributed by atoms with E-state index in [0.717, 1.165) is 0 Å². The van der Waals surface area contributed by atoms with Gasteiger partial charge in [-0.3, -0.25) is 0 Å². The summed E-state index contributed by atoms with van der Waals surface area (Å²) in [4.78, 5) is 0. The topological polar surface area (TPSA) is 0 Å². The summed E-state index contributed by atoms with van der Waals surface area (Å²) in [5.74, 6) is 0. The van der Waals surface area contributed by atoms with Gasteiger partial charge in [-0.05, 0) is 123 Å². The van der Waals surface area contributed by atoms with Gasteiger partial charge in [0.15, 0.2) is 0 Å². The van der Waals surface area contributed by atoms with Crippen molar-refractivity contribution in [3.05, 3.63) is 181 Å². The summed E-state index contributed by atoms with van der Waals surface area (Å²) in [6, 6.07) is 63.2. The van der Waals surface area contributed by atoms with Gasteiger partial charge in [-0.25, -0.2) is 0 Å². The molecule has 0 atom stereocenters. The molecule has 9 aromatic carbocycles. The molecule has 1 aliphatic carbocycles. The Balaban J connectivity index is 1.10. The number of fused-ring (bicyclic) bond motifs is 8. The lowest BCUT2D eigenvalue weighted by atomic mass is 9.81. The summed E-state index contributed by atoms with van der Waals surface area (Å²) >= 11 is 0. The quantitative estimate of drug-likeness (QED) is 0.172. The number of benzene rings is 9. The zero-order valence-electron chi connectivity index (χ0n) is 27.7. The van der Waals surface area contributed by atoms with Crippen LogP contribution in [0, 0.1) is 0 Å². The summed E-state index contributed by atoms with van der Waals surface area (Å²) in [6.45, 7) is 4.71. The van der Waals surface area contributed by atoms with E-state index in [4.69, 9.17) is 0 Å². The molecule has 9 aromatic rings. The lowest BCUT2D eigenvalue weighted by Crippen LogP contribution is -2.14. The Morgan fingerprint density at radius 2 is 0.796 bits per heavy atom. The van der Waals surface area contributed by atoms with Crippen molar-refractivity contribution in [2.75, 3.05) is 0 Å². The van der Waals surface area contributed by atoms with E-state index in [1.807, 2.05) is 0 Å². The zero-order valence-corrected chi connectivity index (χ0v) is 27.7. The maximum Gasteiger partial charge on any atom is 0.0159 e. The fourth-order valence-electron chi connectivity index (χ4n) is 8.56. The van der Waals surface area contributed by atoms with E-state index in [-0.39, 0.29) is 5.41 Å². The van der Waals surface area contributed by atoms with Gasteiger partial charge < -0.3 is 0 Å². The van der Waals surface area contributed by atoms with E-state index < -0.39 is 0 Å². The van der Waals surface area contributed by atoms with E-state index >= 15 is 0 Å². The Hall–Kier alpha value is -5.98. The van der Waals surface area contributed by atoms with Gasteiger partial charge in [-0.2, -0.15) is 0 Å². The fraction of sp³-hybridized carbons (Fsp3) is 0.0612. The second kappa shape index (κ2) is 10.5. The maximum atomic E-state index is 2.44. The van der Waals surface area contributed by atoms with Gasteiger partial charge in [0.05, 0.1) is 0 Å². The van der Waals surface area contributed by atoms with Gasteiger partial charge >= 0.3 is 0 Å². The van der Waals surface area contributed by atoms with Crippen LogP contribution >= 0.6 is 0 Å². The van der Waals surface area contributed by atoms with E-state index in [2.05, 4.69) is 184 Å². The minimum atomic E-state index is -0.0270. The van der Waals surface area contributed by atoms with Crippen molar-refractivity contribution in [1.82, 2.24) is 0 Å². The van der Waals surface area contributed by atoms with E-state index in [1.54, 1.807) is 0 Å². The standard InChI is InChI=1S/C49H34/c1-49(2)47-20-8-7-15-44(47)45-26-25-35(30-48(45)49)39-17-10-18-41-38(16-9-19-42(39)41)33-23-21-31-22-24-34(28-36(31)27-33)46-29-32-11-3-4-12-37(32)40-13-5-6-14-43(40)46/h3-30H,1-2H3. The largest absolute Gasteiger partial charge is 0.0619 e. The molecule has 0 saturated carbocycles. The SMILES string of the molecule is CC1(C)c2ccccc2-c2ccc(-c3cccc4c(-c5ccc6ccc(-c7cc8ccccc8c8ccccc78)cc6c5)cccc34)cc21. The maximum absolute atomic E-state index is 2.44. The van der Waals surface area contributed by atoms with Crippen molar-refractivity contribution in [2.24, 2.45) is 0 Å².